The summed E-state index contributed by atoms with van der Waals surface area (Å²) >= 11 is 0. The molecular weight excluding hydrogens is 334 g/mol. The quantitative estimate of drug-likeness (QED) is 0.876. The summed E-state index contributed by atoms with van der Waals surface area (Å²) in [5.41, 5.74) is 3.13. The van der Waals surface area contributed by atoms with Crippen LogP contribution >= 0.6 is 0 Å². The molecular formula is C20H23NO5. The minimum Gasteiger partial charge on any atom is -0.504 e. The summed E-state index contributed by atoms with van der Waals surface area (Å²) < 4.78 is 16.7. The van der Waals surface area contributed by atoms with E-state index in [1.54, 1.807) is 27.4 Å². The van der Waals surface area contributed by atoms with Gasteiger partial charge in [0.2, 0.25) is 11.2 Å². The number of hydrogen-bond donors (Lipinski definition) is 2. The van der Waals surface area contributed by atoms with E-state index in [-0.39, 0.29) is 11.8 Å². The fourth-order valence-corrected chi connectivity index (χ4v) is 3.60. The van der Waals surface area contributed by atoms with Crippen LogP contribution in [0, 0.1) is 0 Å². The Balaban J connectivity index is 2.44. The van der Waals surface area contributed by atoms with Crippen LogP contribution in [0.5, 0.6) is 23.0 Å². The highest BCUT2D eigenvalue weighted by atomic mass is 16.5. The van der Waals surface area contributed by atoms with Gasteiger partial charge in [0.05, 0.1) is 21.3 Å². The van der Waals surface area contributed by atoms with Crippen LogP contribution in [0.3, 0.4) is 0 Å². The second-order valence-electron chi connectivity index (χ2n) is 6.16. The molecule has 0 bridgehead atoms. The van der Waals surface area contributed by atoms with Gasteiger partial charge in [0.1, 0.15) is 0 Å². The Hall–Kier alpha value is -2.73. The maximum atomic E-state index is 12.2. The molecule has 2 N–H and O–H groups in total. The monoisotopic (exact) mass is 357 g/mol. The molecule has 26 heavy (non-hydrogen) atoms. The molecule has 0 amide bonds. The summed E-state index contributed by atoms with van der Waals surface area (Å²) in [4.78, 5) is 12.2. The van der Waals surface area contributed by atoms with Gasteiger partial charge in [0.25, 0.3) is 0 Å². The van der Waals surface area contributed by atoms with Gasteiger partial charge in [0.15, 0.2) is 17.2 Å². The van der Waals surface area contributed by atoms with Gasteiger partial charge in [-0.1, -0.05) is 6.07 Å². The SMILES string of the molecule is CNC1CCc2cc(OC)c(OC)c(OC)c2-c2ccc(O)c(=O)cc21. The molecule has 0 saturated heterocycles. The van der Waals surface area contributed by atoms with E-state index in [9.17, 15) is 9.90 Å². The molecule has 0 saturated carbocycles. The fourth-order valence-electron chi connectivity index (χ4n) is 3.60. The standard InChI is InChI=1S/C20H23NO5/c1-21-14-7-5-11-9-17(24-2)19(25-3)20(26-4)18(11)12-6-8-15(22)16(23)10-13(12)14/h6,8-10,14,21H,5,7H2,1-4H3,(H,22,23). The van der Waals surface area contributed by atoms with Gasteiger partial charge in [-0.05, 0) is 54.8 Å². The second kappa shape index (κ2) is 7.25. The third kappa shape index (κ3) is 2.86. The van der Waals surface area contributed by atoms with Crippen molar-refractivity contribution in [1.82, 2.24) is 5.32 Å². The molecule has 3 rings (SSSR count). The molecule has 0 radical (unpaired) electrons. The van der Waals surface area contributed by atoms with Gasteiger partial charge in [-0.2, -0.15) is 0 Å². The molecule has 2 aromatic rings. The molecule has 2 aromatic carbocycles. The van der Waals surface area contributed by atoms with E-state index in [1.165, 1.54) is 12.1 Å². The summed E-state index contributed by atoms with van der Waals surface area (Å²) in [7, 11) is 6.59. The number of methoxy groups -OCH3 is 3. The zero-order valence-corrected chi connectivity index (χ0v) is 15.4. The van der Waals surface area contributed by atoms with Gasteiger partial charge in [-0.25, -0.2) is 0 Å². The van der Waals surface area contributed by atoms with Crippen molar-refractivity contribution in [2.24, 2.45) is 0 Å². The van der Waals surface area contributed by atoms with Crippen molar-refractivity contribution < 1.29 is 19.3 Å². The van der Waals surface area contributed by atoms with Crippen LogP contribution in [0.2, 0.25) is 0 Å². The molecule has 0 aliphatic heterocycles. The van der Waals surface area contributed by atoms with E-state index in [1.807, 2.05) is 13.1 Å². The molecule has 6 nitrogen and oxygen atoms in total. The molecule has 0 fully saturated rings. The van der Waals surface area contributed by atoms with Crippen LogP contribution in [0.25, 0.3) is 11.1 Å². The highest BCUT2D eigenvalue weighted by Gasteiger charge is 2.28. The fraction of sp³-hybridized carbons (Fsp3) is 0.350. The van der Waals surface area contributed by atoms with Crippen molar-refractivity contribution in [3.8, 4) is 34.1 Å². The maximum absolute atomic E-state index is 12.2. The minimum atomic E-state index is -0.408. The van der Waals surface area contributed by atoms with Crippen LogP contribution in [-0.2, 0) is 6.42 Å². The summed E-state index contributed by atoms with van der Waals surface area (Å²) in [6.45, 7) is 0. The zero-order chi connectivity index (χ0) is 18.8. The van der Waals surface area contributed by atoms with Gasteiger partial charge in [-0.15, -0.1) is 0 Å². The van der Waals surface area contributed by atoms with Gasteiger partial charge < -0.3 is 24.6 Å². The van der Waals surface area contributed by atoms with E-state index in [2.05, 4.69) is 5.32 Å². The smallest absolute Gasteiger partial charge is 0.220 e. The second-order valence-corrected chi connectivity index (χ2v) is 6.16. The number of nitrogens with one attached hydrogen (secondary N) is 1. The predicted octanol–water partition coefficient (Wildman–Crippen LogP) is 2.65. The third-order valence-corrected chi connectivity index (χ3v) is 4.87. The third-order valence-electron chi connectivity index (χ3n) is 4.87. The Bertz CT molecular complexity index is 894. The number of rotatable bonds is 4. The van der Waals surface area contributed by atoms with Crippen molar-refractivity contribution in [3.63, 3.8) is 0 Å². The first-order valence-corrected chi connectivity index (χ1v) is 8.42. The number of aryl methyl sites for hydroxylation is 1. The summed E-state index contributed by atoms with van der Waals surface area (Å²) in [6, 6.07) is 6.60. The van der Waals surface area contributed by atoms with Crippen LogP contribution in [0.4, 0.5) is 0 Å². The van der Waals surface area contributed by atoms with Crippen LogP contribution in [-0.4, -0.2) is 33.5 Å². The predicted molar refractivity (Wildman–Crippen MR) is 99.6 cm³/mol. The largest absolute Gasteiger partial charge is 0.504 e. The number of fused-ring (bicyclic) bond motifs is 3. The lowest BCUT2D eigenvalue weighted by atomic mass is 9.95. The summed E-state index contributed by atoms with van der Waals surface area (Å²) in [6.07, 6.45) is 1.56. The Morgan fingerprint density at radius 1 is 1.08 bits per heavy atom. The highest BCUT2D eigenvalue weighted by Crippen LogP contribution is 2.50. The van der Waals surface area contributed by atoms with Crippen LogP contribution in [0.15, 0.2) is 29.1 Å². The maximum Gasteiger partial charge on any atom is 0.220 e. The van der Waals surface area contributed by atoms with Crippen molar-refractivity contribution in [1.29, 1.82) is 0 Å². The Kier molecular flexibility index (Phi) is 5.04. The minimum absolute atomic E-state index is 0.0291. The van der Waals surface area contributed by atoms with Crippen molar-refractivity contribution in [3.05, 3.63) is 45.6 Å². The van der Waals surface area contributed by atoms with Gasteiger partial charge in [0, 0.05) is 11.6 Å². The first-order valence-electron chi connectivity index (χ1n) is 8.42. The molecule has 0 aromatic heterocycles. The van der Waals surface area contributed by atoms with E-state index in [4.69, 9.17) is 14.2 Å². The lowest BCUT2D eigenvalue weighted by molar-refractivity contribution is 0.324. The topological polar surface area (TPSA) is 77.0 Å². The van der Waals surface area contributed by atoms with Crippen molar-refractivity contribution >= 4 is 0 Å². The number of benzene rings is 1. The molecule has 138 valence electrons. The van der Waals surface area contributed by atoms with Crippen LogP contribution in [0.1, 0.15) is 23.6 Å². The number of aromatic hydroxyl groups is 1. The average molecular weight is 357 g/mol. The first-order chi connectivity index (χ1) is 12.5. The lowest BCUT2D eigenvalue weighted by Crippen LogP contribution is -2.17. The van der Waals surface area contributed by atoms with Gasteiger partial charge in [-0.3, -0.25) is 4.79 Å². The molecule has 1 aliphatic rings. The Morgan fingerprint density at radius 2 is 1.81 bits per heavy atom. The molecule has 1 atom stereocenters. The van der Waals surface area contributed by atoms with Crippen molar-refractivity contribution in [2.45, 2.75) is 18.9 Å². The van der Waals surface area contributed by atoms with Crippen molar-refractivity contribution in [2.75, 3.05) is 28.4 Å². The molecule has 1 unspecified atom stereocenters. The lowest BCUT2D eigenvalue weighted by Gasteiger charge is -2.19. The molecule has 6 heteroatoms. The van der Waals surface area contributed by atoms with E-state index in [0.717, 1.165) is 35.1 Å². The average Bonchev–Trinajstić information content (AvgIpc) is 2.89. The summed E-state index contributed by atoms with van der Waals surface area (Å²) in [5, 5.41) is 13.2. The van der Waals surface area contributed by atoms with Gasteiger partial charge >= 0.3 is 0 Å². The van der Waals surface area contributed by atoms with Crippen LogP contribution < -0.4 is 25.0 Å². The normalized spacial score (nSPS) is 15.5. The Labute approximate surface area is 152 Å². The molecule has 1 aliphatic carbocycles. The van der Waals surface area contributed by atoms with E-state index in [0.29, 0.717) is 17.2 Å². The first kappa shape index (κ1) is 18.1. The number of hydrogen-bond acceptors (Lipinski definition) is 6. The Morgan fingerprint density at radius 3 is 2.42 bits per heavy atom. The molecule has 0 spiro atoms. The zero-order valence-electron chi connectivity index (χ0n) is 15.4. The summed E-state index contributed by atoms with van der Waals surface area (Å²) in [5.74, 6) is 1.37. The molecule has 0 heterocycles. The number of ether oxygens (including phenoxy) is 3. The van der Waals surface area contributed by atoms with E-state index >= 15 is 0 Å². The highest BCUT2D eigenvalue weighted by molar-refractivity contribution is 5.82. The van der Waals surface area contributed by atoms with E-state index < -0.39 is 5.43 Å².